The summed E-state index contributed by atoms with van der Waals surface area (Å²) in [4.78, 5) is 28.5. The van der Waals surface area contributed by atoms with E-state index in [1.54, 1.807) is 19.2 Å². The number of carbonyl (C=O) groups excluding carboxylic acids is 1. The number of benzene rings is 1. The monoisotopic (exact) mass is 305 g/mol. The summed E-state index contributed by atoms with van der Waals surface area (Å²) in [5.41, 5.74) is 0.291. The number of aromatic nitrogens is 2. The van der Waals surface area contributed by atoms with Gasteiger partial charge in [0.25, 0.3) is 5.56 Å². The highest BCUT2D eigenvalue weighted by Crippen LogP contribution is 2.16. The van der Waals surface area contributed by atoms with Gasteiger partial charge < -0.3 is 5.32 Å². The van der Waals surface area contributed by atoms with Crippen LogP contribution in [0.5, 0.6) is 0 Å². The second-order valence-corrected chi connectivity index (χ2v) is 6.81. The van der Waals surface area contributed by atoms with Gasteiger partial charge in [-0.15, -0.1) is 0 Å². The third-order valence-corrected chi connectivity index (χ3v) is 3.82. The van der Waals surface area contributed by atoms with E-state index in [0.717, 1.165) is 0 Å². The number of rotatable bonds is 3. The van der Waals surface area contributed by atoms with Gasteiger partial charge in [0.05, 0.1) is 16.7 Å². The molecule has 0 atom stereocenters. The lowest BCUT2D eigenvalue weighted by molar-refractivity contribution is -0.119. The SMILES string of the molecule is Cn1c(SCC(=O)NC(C)(C)C)nc2ccccc2c1=O. The van der Waals surface area contributed by atoms with Gasteiger partial charge in [0.2, 0.25) is 5.91 Å². The Balaban J connectivity index is 2.21. The summed E-state index contributed by atoms with van der Waals surface area (Å²) in [6, 6.07) is 7.21. The van der Waals surface area contributed by atoms with E-state index < -0.39 is 0 Å². The van der Waals surface area contributed by atoms with Crippen molar-refractivity contribution < 1.29 is 4.79 Å². The second kappa shape index (κ2) is 5.89. The Bertz CT molecular complexity index is 732. The summed E-state index contributed by atoms with van der Waals surface area (Å²) in [6.07, 6.45) is 0. The summed E-state index contributed by atoms with van der Waals surface area (Å²) in [6.45, 7) is 5.79. The van der Waals surface area contributed by atoms with Gasteiger partial charge in [-0.25, -0.2) is 4.98 Å². The summed E-state index contributed by atoms with van der Waals surface area (Å²) < 4.78 is 1.48. The van der Waals surface area contributed by atoms with Crippen LogP contribution in [0.2, 0.25) is 0 Å². The molecule has 0 aliphatic carbocycles. The van der Waals surface area contributed by atoms with Crippen molar-refractivity contribution >= 4 is 28.6 Å². The molecule has 0 saturated heterocycles. The topological polar surface area (TPSA) is 64.0 Å². The van der Waals surface area contributed by atoms with Crippen LogP contribution < -0.4 is 10.9 Å². The third kappa shape index (κ3) is 3.85. The molecule has 0 fully saturated rings. The number of amides is 1. The number of hydrogen-bond donors (Lipinski definition) is 1. The highest BCUT2D eigenvalue weighted by molar-refractivity contribution is 7.99. The minimum absolute atomic E-state index is 0.0742. The second-order valence-electron chi connectivity index (χ2n) is 5.86. The van der Waals surface area contributed by atoms with Crippen molar-refractivity contribution in [3.63, 3.8) is 0 Å². The van der Waals surface area contributed by atoms with E-state index in [9.17, 15) is 9.59 Å². The standard InChI is InChI=1S/C15H19N3O2S/c1-15(2,3)17-12(19)9-21-14-16-11-8-6-5-7-10(11)13(20)18(14)4/h5-8H,9H2,1-4H3,(H,17,19). The highest BCUT2D eigenvalue weighted by atomic mass is 32.2. The molecule has 0 unspecified atom stereocenters. The molecular weight excluding hydrogens is 286 g/mol. The Morgan fingerprint density at radius 2 is 2.00 bits per heavy atom. The fourth-order valence-electron chi connectivity index (χ4n) is 1.91. The van der Waals surface area contributed by atoms with Crippen LogP contribution in [0.3, 0.4) is 0 Å². The normalized spacial score (nSPS) is 11.6. The maximum absolute atomic E-state index is 12.2. The van der Waals surface area contributed by atoms with Crippen molar-refractivity contribution in [1.82, 2.24) is 14.9 Å². The summed E-state index contributed by atoms with van der Waals surface area (Å²) >= 11 is 1.26. The van der Waals surface area contributed by atoms with Crippen molar-refractivity contribution in [1.29, 1.82) is 0 Å². The molecule has 0 bridgehead atoms. The molecule has 0 aliphatic heterocycles. The minimum atomic E-state index is -0.264. The fraction of sp³-hybridized carbons (Fsp3) is 0.400. The molecular formula is C15H19N3O2S. The lowest BCUT2D eigenvalue weighted by Gasteiger charge is -2.20. The molecule has 0 radical (unpaired) electrons. The molecule has 2 rings (SSSR count). The molecule has 1 heterocycles. The molecule has 1 aromatic carbocycles. The average Bonchev–Trinajstić information content (AvgIpc) is 2.39. The number of hydrogen-bond acceptors (Lipinski definition) is 4. The fourth-order valence-corrected chi connectivity index (χ4v) is 2.68. The number of para-hydroxylation sites is 1. The van der Waals surface area contributed by atoms with E-state index in [0.29, 0.717) is 16.1 Å². The van der Waals surface area contributed by atoms with Gasteiger partial charge in [0.15, 0.2) is 5.16 Å². The first-order chi connectivity index (χ1) is 9.78. The molecule has 1 amide bonds. The first-order valence-electron chi connectivity index (χ1n) is 6.67. The number of nitrogens with one attached hydrogen (secondary N) is 1. The molecule has 2 aromatic rings. The molecule has 1 aromatic heterocycles. The first kappa shape index (κ1) is 15.6. The Labute approximate surface area is 127 Å². The number of fused-ring (bicyclic) bond motifs is 1. The highest BCUT2D eigenvalue weighted by Gasteiger charge is 2.15. The van der Waals surface area contributed by atoms with Gasteiger partial charge in [-0.3, -0.25) is 14.2 Å². The molecule has 1 N–H and O–H groups in total. The maximum Gasteiger partial charge on any atom is 0.261 e. The van der Waals surface area contributed by atoms with Crippen LogP contribution in [0, 0.1) is 0 Å². The largest absolute Gasteiger partial charge is 0.351 e. The van der Waals surface area contributed by atoms with E-state index in [1.165, 1.54) is 16.3 Å². The van der Waals surface area contributed by atoms with Gasteiger partial charge in [-0.05, 0) is 32.9 Å². The van der Waals surface area contributed by atoms with Crippen molar-refractivity contribution in [3.05, 3.63) is 34.6 Å². The van der Waals surface area contributed by atoms with E-state index in [1.807, 2.05) is 32.9 Å². The van der Waals surface area contributed by atoms with Crippen molar-refractivity contribution in [2.24, 2.45) is 7.05 Å². The summed E-state index contributed by atoms with van der Waals surface area (Å²) in [5, 5.41) is 4.02. The van der Waals surface area contributed by atoms with E-state index in [4.69, 9.17) is 0 Å². The zero-order valence-corrected chi connectivity index (χ0v) is 13.5. The van der Waals surface area contributed by atoms with E-state index >= 15 is 0 Å². The Hall–Kier alpha value is -1.82. The number of nitrogens with zero attached hydrogens (tertiary/aromatic N) is 2. The van der Waals surface area contributed by atoms with Crippen LogP contribution in [0.4, 0.5) is 0 Å². The minimum Gasteiger partial charge on any atom is -0.351 e. The molecule has 112 valence electrons. The molecule has 0 aliphatic rings. The molecule has 21 heavy (non-hydrogen) atoms. The zero-order valence-electron chi connectivity index (χ0n) is 12.6. The summed E-state index contributed by atoms with van der Waals surface area (Å²) in [5.74, 6) is 0.158. The lowest BCUT2D eigenvalue weighted by atomic mass is 10.1. The van der Waals surface area contributed by atoms with Crippen LogP contribution in [0.25, 0.3) is 10.9 Å². The van der Waals surface area contributed by atoms with Gasteiger partial charge in [0.1, 0.15) is 0 Å². The molecule has 0 saturated carbocycles. The van der Waals surface area contributed by atoms with Crippen LogP contribution in [0.1, 0.15) is 20.8 Å². The van der Waals surface area contributed by atoms with Crippen molar-refractivity contribution in [2.75, 3.05) is 5.75 Å². The van der Waals surface area contributed by atoms with Crippen molar-refractivity contribution in [2.45, 2.75) is 31.5 Å². The van der Waals surface area contributed by atoms with Crippen LogP contribution in [0.15, 0.2) is 34.2 Å². The number of carbonyl (C=O) groups is 1. The van der Waals surface area contributed by atoms with Crippen LogP contribution in [-0.4, -0.2) is 26.8 Å². The van der Waals surface area contributed by atoms with Gasteiger partial charge in [0, 0.05) is 12.6 Å². The van der Waals surface area contributed by atoms with E-state index in [2.05, 4.69) is 10.3 Å². The van der Waals surface area contributed by atoms with Gasteiger partial charge in [-0.1, -0.05) is 23.9 Å². The van der Waals surface area contributed by atoms with Crippen molar-refractivity contribution in [3.8, 4) is 0 Å². The predicted octanol–water partition coefficient (Wildman–Crippen LogP) is 1.94. The molecule has 0 spiro atoms. The Morgan fingerprint density at radius 1 is 1.33 bits per heavy atom. The molecule has 6 heteroatoms. The van der Waals surface area contributed by atoms with Gasteiger partial charge >= 0.3 is 0 Å². The average molecular weight is 305 g/mol. The van der Waals surface area contributed by atoms with Crippen LogP contribution >= 0.6 is 11.8 Å². The predicted molar refractivity (Wildman–Crippen MR) is 85.6 cm³/mol. The lowest BCUT2D eigenvalue weighted by Crippen LogP contribution is -2.41. The number of thioether (sulfide) groups is 1. The molecule has 5 nitrogen and oxygen atoms in total. The Morgan fingerprint density at radius 3 is 2.67 bits per heavy atom. The maximum atomic E-state index is 12.2. The van der Waals surface area contributed by atoms with E-state index in [-0.39, 0.29) is 22.8 Å². The van der Waals surface area contributed by atoms with Crippen LogP contribution in [-0.2, 0) is 11.8 Å². The first-order valence-corrected chi connectivity index (χ1v) is 7.66. The zero-order chi connectivity index (χ0) is 15.6. The third-order valence-electron chi connectivity index (χ3n) is 2.79. The Kier molecular flexibility index (Phi) is 4.37. The smallest absolute Gasteiger partial charge is 0.261 e. The summed E-state index contributed by atoms with van der Waals surface area (Å²) in [7, 11) is 1.67. The quantitative estimate of drug-likeness (QED) is 0.695. The van der Waals surface area contributed by atoms with Gasteiger partial charge in [-0.2, -0.15) is 0 Å².